The van der Waals surface area contributed by atoms with Crippen molar-refractivity contribution in [2.24, 2.45) is 0 Å². The van der Waals surface area contributed by atoms with Crippen molar-refractivity contribution in [3.8, 4) is 17.2 Å². The smallest absolute Gasteiger partial charge is 0.163 e. The maximum absolute atomic E-state index is 11.6. The van der Waals surface area contributed by atoms with Gasteiger partial charge in [-0.2, -0.15) is 0 Å². The van der Waals surface area contributed by atoms with Gasteiger partial charge in [-0.05, 0) is 37.6 Å². The summed E-state index contributed by atoms with van der Waals surface area (Å²) in [5.74, 6) is 1.96. The summed E-state index contributed by atoms with van der Waals surface area (Å²) in [7, 11) is 1.58. The molecule has 0 unspecified atom stereocenters. The zero-order chi connectivity index (χ0) is 15.9. The molecule has 22 heavy (non-hydrogen) atoms. The minimum Gasteiger partial charge on any atom is -0.497 e. The fourth-order valence-electron chi connectivity index (χ4n) is 2.06. The van der Waals surface area contributed by atoms with Crippen molar-refractivity contribution in [3.63, 3.8) is 0 Å². The Morgan fingerprint density at radius 3 is 2.32 bits per heavy atom. The summed E-state index contributed by atoms with van der Waals surface area (Å²) in [5.41, 5.74) is 1.62. The monoisotopic (exact) mass is 300 g/mol. The molecule has 116 valence electrons. The number of methoxy groups -OCH3 is 1. The molecule has 0 aromatic heterocycles. The Bertz CT molecular complexity index is 649. The third-order valence-electron chi connectivity index (χ3n) is 3.26. The van der Waals surface area contributed by atoms with E-state index in [1.165, 1.54) is 6.92 Å². The molecule has 0 atom stereocenters. The van der Waals surface area contributed by atoms with E-state index >= 15 is 0 Å². The van der Waals surface area contributed by atoms with Crippen LogP contribution in [0.1, 0.15) is 22.8 Å². The van der Waals surface area contributed by atoms with Crippen LogP contribution in [0.4, 0.5) is 0 Å². The van der Waals surface area contributed by atoms with E-state index in [1.807, 2.05) is 31.2 Å². The van der Waals surface area contributed by atoms with Gasteiger partial charge in [0.2, 0.25) is 0 Å². The number of ether oxygens (including phenoxy) is 3. The molecular formula is C18H20O4. The van der Waals surface area contributed by atoms with Gasteiger partial charge in [-0.3, -0.25) is 4.79 Å². The average molecular weight is 300 g/mol. The molecule has 0 radical (unpaired) electrons. The molecule has 2 rings (SSSR count). The second kappa shape index (κ2) is 7.50. The number of carbonyl (C=O) groups is 1. The standard InChI is InChI=1S/C18H20O4/c1-13-6-4-5-7-17(13)21-10-11-22-18-12-15(20-3)8-9-16(18)14(2)19/h4-9,12H,10-11H2,1-3H3. The van der Waals surface area contributed by atoms with Crippen molar-refractivity contribution in [1.82, 2.24) is 0 Å². The van der Waals surface area contributed by atoms with Crippen molar-refractivity contribution in [2.75, 3.05) is 20.3 Å². The van der Waals surface area contributed by atoms with Crippen molar-refractivity contribution >= 4 is 5.78 Å². The molecule has 0 bridgehead atoms. The molecule has 4 nitrogen and oxygen atoms in total. The topological polar surface area (TPSA) is 44.8 Å². The van der Waals surface area contributed by atoms with Gasteiger partial charge in [0.25, 0.3) is 0 Å². The van der Waals surface area contributed by atoms with Crippen molar-refractivity contribution in [3.05, 3.63) is 53.6 Å². The Morgan fingerprint density at radius 2 is 1.68 bits per heavy atom. The number of Topliss-reactive ketones (excluding diaryl/α,β-unsaturated/α-hetero) is 1. The van der Waals surface area contributed by atoms with E-state index in [0.717, 1.165) is 11.3 Å². The molecule has 0 heterocycles. The summed E-state index contributed by atoms with van der Waals surface area (Å²) in [4.78, 5) is 11.6. The number of hydrogen-bond donors (Lipinski definition) is 0. The molecule has 0 aliphatic heterocycles. The first kappa shape index (κ1) is 15.9. The van der Waals surface area contributed by atoms with Crippen LogP contribution in [-0.4, -0.2) is 26.1 Å². The van der Waals surface area contributed by atoms with Gasteiger partial charge >= 0.3 is 0 Å². The Labute approximate surface area is 130 Å². The lowest BCUT2D eigenvalue weighted by Crippen LogP contribution is -2.11. The SMILES string of the molecule is COc1ccc(C(C)=O)c(OCCOc2ccccc2C)c1. The quantitative estimate of drug-likeness (QED) is 0.578. The van der Waals surface area contributed by atoms with Crippen LogP contribution in [0.15, 0.2) is 42.5 Å². The average Bonchev–Trinajstić information content (AvgIpc) is 2.52. The molecule has 2 aromatic rings. The zero-order valence-electron chi connectivity index (χ0n) is 13.1. The van der Waals surface area contributed by atoms with Gasteiger partial charge in [0, 0.05) is 6.07 Å². The fraction of sp³-hybridized carbons (Fsp3) is 0.278. The number of aryl methyl sites for hydroxylation is 1. The van der Waals surface area contributed by atoms with Crippen LogP contribution < -0.4 is 14.2 Å². The number of ketones is 1. The molecule has 0 fully saturated rings. The molecule has 2 aromatic carbocycles. The first-order valence-corrected chi connectivity index (χ1v) is 7.12. The van der Waals surface area contributed by atoms with Crippen LogP contribution in [0.5, 0.6) is 17.2 Å². The second-order valence-corrected chi connectivity index (χ2v) is 4.88. The first-order chi connectivity index (χ1) is 10.6. The van der Waals surface area contributed by atoms with Crippen LogP contribution >= 0.6 is 0 Å². The van der Waals surface area contributed by atoms with Gasteiger partial charge in [0.15, 0.2) is 5.78 Å². The minimum absolute atomic E-state index is 0.0440. The third kappa shape index (κ3) is 4.01. The minimum atomic E-state index is -0.0440. The molecule has 0 saturated heterocycles. The van der Waals surface area contributed by atoms with Crippen molar-refractivity contribution < 1.29 is 19.0 Å². The lowest BCUT2D eigenvalue weighted by atomic mass is 10.1. The predicted octanol–water partition coefficient (Wildman–Crippen LogP) is 3.66. The number of rotatable bonds is 7. The molecular weight excluding hydrogens is 280 g/mol. The summed E-state index contributed by atoms with van der Waals surface area (Å²) >= 11 is 0. The van der Waals surface area contributed by atoms with E-state index < -0.39 is 0 Å². The van der Waals surface area contributed by atoms with Gasteiger partial charge in [-0.15, -0.1) is 0 Å². The normalized spacial score (nSPS) is 10.1. The van der Waals surface area contributed by atoms with Crippen molar-refractivity contribution in [1.29, 1.82) is 0 Å². The van der Waals surface area contributed by atoms with Crippen LogP contribution in [-0.2, 0) is 0 Å². The number of para-hydroxylation sites is 1. The third-order valence-corrected chi connectivity index (χ3v) is 3.26. The molecule has 4 heteroatoms. The highest BCUT2D eigenvalue weighted by molar-refractivity contribution is 5.97. The van der Waals surface area contributed by atoms with E-state index in [-0.39, 0.29) is 5.78 Å². The van der Waals surface area contributed by atoms with Gasteiger partial charge in [0.05, 0.1) is 12.7 Å². The lowest BCUT2D eigenvalue weighted by molar-refractivity contribution is 0.101. The number of carbonyl (C=O) groups excluding carboxylic acids is 1. The Morgan fingerprint density at radius 1 is 1.00 bits per heavy atom. The molecule has 0 spiro atoms. The highest BCUT2D eigenvalue weighted by Gasteiger charge is 2.10. The predicted molar refractivity (Wildman–Crippen MR) is 85.2 cm³/mol. The molecule has 0 aliphatic carbocycles. The summed E-state index contributed by atoms with van der Waals surface area (Å²) in [5, 5.41) is 0. The summed E-state index contributed by atoms with van der Waals surface area (Å²) in [6.07, 6.45) is 0. The van der Waals surface area contributed by atoms with E-state index in [4.69, 9.17) is 14.2 Å². The van der Waals surface area contributed by atoms with Crippen LogP contribution in [0, 0.1) is 6.92 Å². The Kier molecular flexibility index (Phi) is 5.42. The molecule has 0 aliphatic rings. The van der Waals surface area contributed by atoms with Gasteiger partial charge < -0.3 is 14.2 Å². The van der Waals surface area contributed by atoms with Gasteiger partial charge in [0.1, 0.15) is 30.5 Å². The van der Waals surface area contributed by atoms with Gasteiger partial charge in [-0.25, -0.2) is 0 Å². The molecule has 0 N–H and O–H groups in total. The summed E-state index contributed by atoms with van der Waals surface area (Å²) in [6.45, 7) is 4.26. The Hall–Kier alpha value is -2.49. The van der Waals surface area contributed by atoms with Crippen molar-refractivity contribution in [2.45, 2.75) is 13.8 Å². The first-order valence-electron chi connectivity index (χ1n) is 7.12. The number of hydrogen-bond acceptors (Lipinski definition) is 4. The lowest BCUT2D eigenvalue weighted by Gasteiger charge is -2.13. The van der Waals surface area contributed by atoms with E-state index in [1.54, 1.807) is 25.3 Å². The second-order valence-electron chi connectivity index (χ2n) is 4.88. The van der Waals surface area contributed by atoms with Crippen LogP contribution in [0.3, 0.4) is 0 Å². The van der Waals surface area contributed by atoms with E-state index in [2.05, 4.69) is 0 Å². The summed E-state index contributed by atoms with van der Waals surface area (Å²) < 4.78 is 16.5. The largest absolute Gasteiger partial charge is 0.497 e. The fourth-order valence-corrected chi connectivity index (χ4v) is 2.06. The highest BCUT2D eigenvalue weighted by atomic mass is 16.5. The Balaban J connectivity index is 1.96. The zero-order valence-corrected chi connectivity index (χ0v) is 13.1. The van der Waals surface area contributed by atoms with E-state index in [9.17, 15) is 4.79 Å². The maximum Gasteiger partial charge on any atom is 0.163 e. The summed E-state index contributed by atoms with van der Waals surface area (Å²) in [6, 6.07) is 13.0. The molecule has 0 saturated carbocycles. The van der Waals surface area contributed by atoms with Crippen LogP contribution in [0.25, 0.3) is 0 Å². The number of benzene rings is 2. The van der Waals surface area contributed by atoms with Gasteiger partial charge in [-0.1, -0.05) is 18.2 Å². The van der Waals surface area contributed by atoms with Crippen LogP contribution in [0.2, 0.25) is 0 Å². The molecule has 0 amide bonds. The maximum atomic E-state index is 11.6. The highest BCUT2D eigenvalue weighted by Crippen LogP contribution is 2.25. The van der Waals surface area contributed by atoms with E-state index in [0.29, 0.717) is 30.3 Å².